The van der Waals surface area contributed by atoms with E-state index in [4.69, 9.17) is 0 Å². The predicted molar refractivity (Wildman–Crippen MR) is 53.6 cm³/mol. The van der Waals surface area contributed by atoms with E-state index in [9.17, 15) is 0 Å². The van der Waals surface area contributed by atoms with Gasteiger partial charge in [-0.1, -0.05) is 0 Å². The van der Waals surface area contributed by atoms with Crippen molar-refractivity contribution in [3.05, 3.63) is 18.7 Å². The van der Waals surface area contributed by atoms with Crippen LogP contribution < -0.4 is 10.6 Å². The number of aryl methyl sites for hydroxylation is 1. The van der Waals surface area contributed by atoms with Crippen LogP contribution in [0.3, 0.4) is 0 Å². The van der Waals surface area contributed by atoms with Gasteiger partial charge in [-0.2, -0.15) is 0 Å². The van der Waals surface area contributed by atoms with Crippen LogP contribution in [0.2, 0.25) is 0 Å². The van der Waals surface area contributed by atoms with Crippen LogP contribution in [-0.4, -0.2) is 36.2 Å². The largest absolute Gasteiger partial charge is 0.337 e. The first-order valence-corrected chi connectivity index (χ1v) is 4.74. The van der Waals surface area contributed by atoms with E-state index in [1.165, 1.54) is 0 Å². The maximum absolute atomic E-state index is 3.98. The summed E-state index contributed by atoms with van der Waals surface area (Å²) in [7, 11) is 1.97. The molecule has 4 nitrogen and oxygen atoms in total. The fraction of sp³-hybridized carbons (Fsp3) is 0.667. The van der Waals surface area contributed by atoms with Crippen molar-refractivity contribution >= 4 is 0 Å². The van der Waals surface area contributed by atoms with Crippen LogP contribution >= 0.6 is 0 Å². The number of hydrogen-bond acceptors (Lipinski definition) is 3. The molecule has 0 aromatic carbocycles. The lowest BCUT2D eigenvalue weighted by Crippen LogP contribution is -2.26. The van der Waals surface area contributed by atoms with Gasteiger partial charge in [0.15, 0.2) is 0 Å². The van der Waals surface area contributed by atoms with E-state index in [-0.39, 0.29) is 0 Å². The van der Waals surface area contributed by atoms with E-state index in [1.54, 1.807) is 0 Å². The molecule has 0 unspecified atom stereocenters. The number of imidazole rings is 1. The molecule has 1 aromatic rings. The van der Waals surface area contributed by atoms with Crippen molar-refractivity contribution in [2.24, 2.45) is 0 Å². The van der Waals surface area contributed by atoms with Crippen molar-refractivity contribution in [3.8, 4) is 0 Å². The van der Waals surface area contributed by atoms with E-state index in [0.717, 1.165) is 32.6 Å². The fourth-order valence-corrected chi connectivity index (χ4v) is 1.14. The van der Waals surface area contributed by atoms with Gasteiger partial charge in [-0.25, -0.2) is 4.98 Å². The van der Waals surface area contributed by atoms with Crippen LogP contribution in [-0.2, 0) is 6.54 Å². The highest BCUT2D eigenvalue weighted by molar-refractivity contribution is 4.73. The molecule has 2 N–H and O–H groups in total. The topological polar surface area (TPSA) is 41.9 Å². The molecular weight excluding hydrogens is 164 g/mol. The van der Waals surface area contributed by atoms with E-state index < -0.39 is 0 Å². The number of nitrogens with zero attached hydrogens (tertiary/aromatic N) is 2. The van der Waals surface area contributed by atoms with Gasteiger partial charge in [0.25, 0.3) is 0 Å². The Bertz CT molecular complexity index is 195. The van der Waals surface area contributed by atoms with Gasteiger partial charge in [0.2, 0.25) is 0 Å². The SMILES string of the molecule is CNCCNCCCn1ccnc1. The number of rotatable bonds is 7. The second kappa shape index (κ2) is 6.62. The van der Waals surface area contributed by atoms with Crippen LogP contribution in [0.25, 0.3) is 0 Å². The Balaban J connectivity index is 1.90. The van der Waals surface area contributed by atoms with E-state index in [2.05, 4.69) is 20.2 Å². The molecule has 0 saturated carbocycles. The molecule has 0 atom stereocenters. The zero-order valence-electron chi connectivity index (χ0n) is 8.16. The second-order valence-electron chi connectivity index (χ2n) is 3.01. The summed E-state index contributed by atoms with van der Waals surface area (Å²) in [6.45, 7) is 4.19. The average molecular weight is 182 g/mol. The second-order valence-corrected chi connectivity index (χ2v) is 3.01. The first-order valence-electron chi connectivity index (χ1n) is 4.74. The third-order valence-electron chi connectivity index (χ3n) is 1.88. The van der Waals surface area contributed by atoms with Crippen LogP contribution in [0.4, 0.5) is 0 Å². The summed E-state index contributed by atoms with van der Waals surface area (Å²) in [5.74, 6) is 0. The Morgan fingerprint density at radius 3 is 2.92 bits per heavy atom. The number of hydrogen-bond donors (Lipinski definition) is 2. The molecule has 0 aliphatic carbocycles. The van der Waals surface area contributed by atoms with Crippen molar-refractivity contribution in [1.82, 2.24) is 20.2 Å². The minimum absolute atomic E-state index is 1.03. The van der Waals surface area contributed by atoms with Crippen molar-refractivity contribution < 1.29 is 0 Å². The van der Waals surface area contributed by atoms with Crippen LogP contribution in [0.15, 0.2) is 18.7 Å². The standard InChI is InChI=1S/C9H18N4/c1-10-4-5-11-3-2-7-13-8-6-12-9-13/h6,8-11H,2-5,7H2,1H3. The maximum atomic E-state index is 3.98. The van der Waals surface area contributed by atoms with Gasteiger partial charge in [0, 0.05) is 32.0 Å². The molecule has 1 rings (SSSR count). The molecule has 0 amide bonds. The summed E-state index contributed by atoms with van der Waals surface area (Å²) in [5, 5.41) is 6.45. The quantitative estimate of drug-likeness (QED) is 0.587. The Hall–Kier alpha value is -0.870. The van der Waals surface area contributed by atoms with Crippen molar-refractivity contribution in [1.29, 1.82) is 0 Å². The Labute approximate surface area is 79.4 Å². The van der Waals surface area contributed by atoms with Crippen LogP contribution in [0.5, 0.6) is 0 Å². The van der Waals surface area contributed by atoms with Gasteiger partial charge in [0.1, 0.15) is 0 Å². The van der Waals surface area contributed by atoms with Gasteiger partial charge < -0.3 is 15.2 Å². The molecule has 4 heteroatoms. The van der Waals surface area contributed by atoms with Gasteiger partial charge in [-0.3, -0.25) is 0 Å². The smallest absolute Gasteiger partial charge is 0.0945 e. The Morgan fingerprint density at radius 2 is 2.23 bits per heavy atom. The molecule has 74 valence electrons. The van der Waals surface area contributed by atoms with Gasteiger partial charge in [0.05, 0.1) is 6.33 Å². The predicted octanol–water partition coefficient (Wildman–Crippen LogP) is 0.0822. The molecular formula is C9H18N4. The highest BCUT2D eigenvalue weighted by Gasteiger charge is 1.89. The Kier molecular flexibility index (Phi) is 5.20. The molecule has 0 saturated heterocycles. The monoisotopic (exact) mass is 182 g/mol. The summed E-state index contributed by atoms with van der Waals surface area (Å²) in [5.41, 5.74) is 0. The number of likely N-dealkylation sites (N-methyl/N-ethyl adjacent to an activating group) is 1. The zero-order chi connectivity index (χ0) is 9.36. The maximum Gasteiger partial charge on any atom is 0.0945 e. The van der Waals surface area contributed by atoms with E-state index >= 15 is 0 Å². The Morgan fingerprint density at radius 1 is 1.31 bits per heavy atom. The summed E-state index contributed by atoms with van der Waals surface area (Å²) in [6.07, 6.45) is 6.82. The summed E-state index contributed by atoms with van der Waals surface area (Å²) in [6, 6.07) is 0. The molecule has 1 heterocycles. The number of nitrogens with one attached hydrogen (secondary N) is 2. The average Bonchev–Trinajstić information content (AvgIpc) is 2.63. The van der Waals surface area contributed by atoms with Gasteiger partial charge in [-0.15, -0.1) is 0 Å². The number of aromatic nitrogens is 2. The zero-order valence-corrected chi connectivity index (χ0v) is 8.16. The molecule has 1 aromatic heterocycles. The normalized spacial score (nSPS) is 10.5. The van der Waals surface area contributed by atoms with Crippen LogP contribution in [0.1, 0.15) is 6.42 Å². The summed E-state index contributed by atoms with van der Waals surface area (Å²) < 4.78 is 2.10. The molecule has 0 aliphatic heterocycles. The first-order chi connectivity index (χ1) is 6.43. The van der Waals surface area contributed by atoms with E-state index in [1.807, 2.05) is 25.8 Å². The molecule has 13 heavy (non-hydrogen) atoms. The van der Waals surface area contributed by atoms with Crippen LogP contribution in [0, 0.1) is 0 Å². The highest BCUT2D eigenvalue weighted by atomic mass is 15.0. The lowest BCUT2D eigenvalue weighted by molar-refractivity contribution is 0.573. The molecule has 0 radical (unpaired) electrons. The molecule has 0 aliphatic rings. The molecule has 0 fully saturated rings. The molecule has 0 spiro atoms. The van der Waals surface area contributed by atoms with Crippen molar-refractivity contribution in [2.45, 2.75) is 13.0 Å². The summed E-state index contributed by atoms with van der Waals surface area (Å²) >= 11 is 0. The van der Waals surface area contributed by atoms with Gasteiger partial charge >= 0.3 is 0 Å². The van der Waals surface area contributed by atoms with Crippen molar-refractivity contribution in [3.63, 3.8) is 0 Å². The fourth-order valence-electron chi connectivity index (χ4n) is 1.14. The van der Waals surface area contributed by atoms with Gasteiger partial charge in [-0.05, 0) is 20.0 Å². The molecule has 0 bridgehead atoms. The van der Waals surface area contributed by atoms with Crippen molar-refractivity contribution in [2.75, 3.05) is 26.7 Å². The lowest BCUT2D eigenvalue weighted by Gasteiger charge is -2.04. The third-order valence-corrected chi connectivity index (χ3v) is 1.88. The highest BCUT2D eigenvalue weighted by Crippen LogP contribution is 1.88. The minimum Gasteiger partial charge on any atom is -0.337 e. The summed E-state index contributed by atoms with van der Waals surface area (Å²) in [4.78, 5) is 3.98. The van der Waals surface area contributed by atoms with E-state index in [0.29, 0.717) is 0 Å². The first kappa shape index (κ1) is 10.2. The minimum atomic E-state index is 1.03. The lowest BCUT2D eigenvalue weighted by atomic mass is 10.4. The third kappa shape index (κ3) is 4.65.